The van der Waals surface area contributed by atoms with Crippen molar-refractivity contribution >= 4 is 33.2 Å². The molecule has 0 spiro atoms. The number of hydrogen-bond donors (Lipinski definition) is 1. The van der Waals surface area contributed by atoms with Gasteiger partial charge < -0.3 is 5.32 Å². The van der Waals surface area contributed by atoms with Gasteiger partial charge in [-0.2, -0.15) is 0 Å². The van der Waals surface area contributed by atoms with Crippen molar-refractivity contribution in [1.82, 2.24) is 0 Å². The van der Waals surface area contributed by atoms with E-state index in [4.69, 9.17) is 0 Å². The maximum absolute atomic E-state index is 12.2. The van der Waals surface area contributed by atoms with Crippen LogP contribution in [0.25, 0.3) is 0 Å². The van der Waals surface area contributed by atoms with Crippen molar-refractivity contribution in [3.63, 3.8) is 0 Å². The number of rotatable bonds is 3. The van der Waals surface area contributed by atoms with Crippen LogP contribution in [0.3, 0.4) is 0 Å². The molecule has 1 N–H and O–H groups in total. The topological polar surface area (TPSA) is 72.2 Å². The summed E-state index contributed by atoms with van der Waals surface area (Å²) >= 11 is 3.32. The fourth-order valence-corrected chi connectivity index (χ4v) is 2.43. The molecule has 1 amide bonds. The highest BCUT2D eigenvalue weighted by Crippen LogP contribution is 2.27. The first-order valence-corrected chi connectivity index (χ1v) is 7.01. The second kappa shape index (κ2) is 6.05. The maximum Gasteiger partial charge on any atom is 0.272 e. The third kappa shape index (κ3) is 3.28. The number of halogens is 1. The van der Waals surface area contributed by atoms with Gasteiger partial charge >= 0.3 is 0 Å². The highest BCUT2D eigenvalue weighted by molar-refractivity contribution is 9.10. The molecule has 0 fully saturated rings. The van der Waals surface area contributed by atoms with Gasteiger partial charge in [-0.3, -0.25) is 14.9 Å². The van der Waals surface area contributed by atoms with Crippen molar-refractivity contribution in [2.45, 2.75) is 13.8 Å². The number of nitrogens with zero attached hydrogens (tertiary/aromatic N) is 1. The molecule has 0 radical (unpaired) electrons. The van der Waals surface area contributed by atoms with Crippen molar-refractivity contribution in [1.29, 1.82) is 0 Å². The number of anilines is 1. The second-order valence-corrected chi connectivity index (χ2v) is 5.50. The number of carbonyl (C=O) groups excluding carboxylic acids is 1. The predicted molar refractivity (Wildman–Crippen MR) is 84.7 cm³/mol. The van der Waals surface area contributed by atoms with Gasteiger partial charge in [0.15, 0.2) is 0 Å². The highest BCUT2D eigenvalue weighted by atomic mass is 79.9. The normalized spacial score (nSPS) is 10.2. The van der Waals surface area contributed by atoms with Crippen molar-refractivity contribution in [3.05, 3.63) is 67.7 Å². The van der Waals surface area contributed by atoms with E-state index < -0.39 is 4.92 Å². The predicted octanol–water partition coefficient (Wildman–Crippen LogP) is 4.23. The van der Waals surface area contributed by atoms with Gasteiger partial charge in [0.1, 0.15) is 0 Å². The lowest BCUT2D eigenvalue weighted by Crippen LogP contribution is -2.13. The molecular weight excluding hydrogens is 336 g/mol. The Kier molecular flexibility index (Phi) is 4.37. The average Bonchev–Trinajstić information content (AvgIpc) is 2.42. The summed E-state index contributed by atoms with van der Waals surface area (Å²) in [5.41, 5.74) is 2.28. The van der Waals surface area contributed by atoms with E-state index in [1.165, 1.54) is 6.07 Å². The molecule has 6 heteroatoms. The summed E-state index contributed by atoms with van der Waals surface area (Å²) in [4.78, 5) is 22.7. The van der Waals surface area contributed by atoms with Crippen molar-refractivity contribution < 1.29 is 9.72 Å². The minimum Gasteiger partial charge on any atom is -0.322 e. The Morgan fingerprint density at radius 2 is 1.86 bits per heavy atom. The number of hydrogen-bond acceptors (Lipinski definition) is 3. The third-order valence-corrected chi connectivity index (χ3v) is 3.80. The Bertz CT molecular complexity index is 729. The average molecular weight is 349 g/mol. The molecule has 0 unspecified atom stereocenters. The Morgan fingerprint density at radius 3 is 2.48 bits per heavy atom. The van der Waals surface area contributed by atoms with Crippen LogP contribution in [0.5, 0.6) is 0 Å². The summed E-state index contributed by atoms with van der Waals surface area (Å²) in [5, 5.41) is 13.7. The molecule has 0 heterocycles. The summed E-state index contributed by atoms with van der Waals surface area (Å²) in [5.74, 6) is -0.265. The molecule has 0 bridgehead atoms. The van der Waals surface area contributed by atoms with E-state index in [2.05, 4.69) is 21.2 Å². The van der Waals surface area contributed by atoms with Crippen LogP contribution < -0.4 is 5.32 Å². The van der Waals surface area contributed by atoms with Crippen LogP contribution in [0, 0.1) is 24.0 Å². The van der Waals surface area contributed by atoms with E-state index in [-0.39, 0.29) is 11.6 Å². The SMILES string of the molecule is Cc1cc([N+](=O)[O-])c(C)cc1NC(=O)c1ccccc1Br. The number of nitro groups is 1. The number of nitrogens with one attached hydrogen (secondary N) is 1. The van der Waals surface area contributed by atoms with Crippen molar-refractivity contribution in [2.75, 3.05) is 5.32 Å². The molecule has 5 nitrogen and oxygen atoms in total. The largest absolute Gasteiger partial charge is 0.322 e. The van der Waals surface area contributed by atoms with Crippen molar-refractivity contribution in [3.8, 4) is 0 Å². The van der Waals surface area contributed by atoms with Crippen LogP contribution in [0.15, 0.2) is 40.9 Å². The molecular formula is C15H13BrN2O3. The Morgan fingerprint density at radius 1 is 1.19 bits per heavy atom. The first-order valence-electron chi connectivity index (χ1n) is 6.21. The minimum absolute atomic E-state index is 0.0476. The van der Waals surface area contributed by atoms with Crippen LogP contribution in [0.4, 0.5) is 11.4 Å². The van der Waals surface area contributed by atoms with Gasteiger partial charge in [0.05, 0.1) is 10.5 Å². The minimum atomic E-state index is -0.429. The number of aryl methyl sites for hydroxylation is 2. The highest BCUT2D eigenvalue weighted by Gasteiger charge is 2.16. The molecule has 0 aliphatic heterocycles. The van der Waals surface area contributed by atoms with E-state index in [9.17, 15) is 14.9 Å². The standard InChI is InChI=1S/C15H13BrN2O3/c1-9-8-14(18(20)21)10(2)7-13(9)17-15(19)11-5-3-4-6-12(11)16/h3-8H,1-2H3,(H,17,19). The number of amides is 1. The molecule has 0 saturated heterocycles. The fourth-order valence-electron chi connectivity index (χ4n) is 1.97. The van der Waals surface area contributed by atoms with Crippen LogP contribution >= 0.6 is 15.9 Å². The van der Waals surface area contributed by atoms with Crippen LogP contribution in [0.1, 0.15) is 21.5 Å². The van der Waals surface area contributed by atoms with E-state index in [0.717, 1.165) is 0 Å². The van der Waals surface area contributed by atoms with Gasteiger partial charge in [0, 0.05) is 21.8 Å². The van der Waals surface area contributed by atoms with Crippen LogP contribution in [0.2, 0.25) is 0 Å². The van der Waals surface area contributed by atoms with Gasteiger partial charge in [-0.25, -0.2) is 0 Å². The molecule has 2 aromatic rings. The van der Waals surface area contributed by atoms with E-state index >= 15 is 0 Å². The smallest absolute Gasteiger partial charge is 0.272 e. The van der Waals surface area contributed by atoms with Gasteiger partial charge in [-0.15, -0.1) is 0 Å². The van der Waals surface area contributed by atoms with Crippen LogP contribution in [-0.2, 0) is 0 Å². The number of nitro benzene ring substituents is 1. The number of carbonyl (C=O) groups is 1. The van der Waals surface area contributed by atoms with Crippen molar-refractivity contribution in [2.24, 2.45) is 0 Å². The van der Waals surface area contributed by atoms with Gasteiger partial charge in [-0.1, -0.05) is 12.1 Å². The summed E-state index contributed by atoms with van der Waals surface area (Å²) in [6, 6.07) is 10.2. The summed E-state index contributed by atoms with van der Waals surface area (Å²) in [6.45, 7) is 3.37. The van der Waals surface area contributed by atoms with E-state index in [1.807, 2.05) is 6.07 Å². The molecule has 0 saturated carbocycles. The Labute approximate surface area is 130 Å². The lowest BCUT2D eigenvalue weighted by atomic mass is 10.1. The molecule has 108 valence electrons. The third-order valence-electron chi connectivity index (χ3n) is 3.11. The van der Waals surface area contributed by atoms with Gasteiger partial charge in [0.2, 0.25) is 0 Å². The summed E-state index contributed by atoms with van der Waals surface area (Å²) in [6.07, 6.45) is 0. The molecule has 0 aromatic heterocycles. The Hall–Kier alpha value is -2.21. The van der Waals surface area contributed by atoms with E-state index in [0.29, 0.717) is 26.9 Å². The van der Waals surface area contributed by atoms with Gasteiger partial charge in [0.25, 0.3) is 11.6 Å². The zero-order valence-corrected chi connectivity index (χ0v) is 13.1. The lowest BCUT2D eigenvalue weighted by Gasteiger charge is -2.10. The molecule has 0 aliphatic carbocycles. The summed E-state index contributed by atoms with van der Waals surface area (Å²) in [7, 11) is 0. The van der Waals surface area contributed by atoms with Crippen LogP contribution in [-0.4, -0.2) is 10.8 Å². The molecule has 21 heavy (non-hydrogen) atoms. The molecule has 0 atom stereocenters. The number of benzene rings is 2. The quantitative estimate of drug-likeness (QED) is 0.666. The Balaban J connectivity index is 2.32. The monoisotopic (exact) mass is 348 g/mol. The zero-order chi connectivity index (χ0) is 15.6. The second-order valence-electron chi connectivity index (χ2n) is 4.64. The zero-order valence-electron chi connectivity index (χ0n) is 11.5. The lowest BCUT2D eigenvalue weighted by molar-refractivity contribution is -0.385. The maximum atomic E-state index is 12.2. The summed E-state index contributed by atoms with van der Waals surface area (Å²) < 4.78 is 0.693. The fraction of sp³-hybridized carbons (Fsp3) is 0.133. The van der Waals surface area contributed by atoms with Gasteiger partial charge in [-0.05, 0) is 53.5 Å². The molecule has 2 aromatic carbocycles. The molecule has 2 rings (SSSR count). The first kappa shape index (κ1) is 15.2. The van der Waals surface area contributed by atoms with E-state index in [1.54, 1.807) is 38.1 Å². The first-order chi connectivity index (χ1) is 9.90. The molecule has 0 aliphatic rings.